The molecule has 0 bridgehead atoms. The Morgan fingerprint density at radius 2 is 2.35 bits per heavy atom. The van der Waals surface area contributed by atoms with E-state index in [0.717, 1.165) is 12.5 Å². The van der Waals surface area contributed by atoms with Gasteiger partial charge in [0, 0.05) is 31.7 Å². The van der Waals surface area contributed by atoms with Gasteiger partial charge >= 0.3 is 0 Å². The molecule has 1 aliphatic heterocycles. The third kappa shape index (κ3) is 3.54. The van der Waals surface area contributed by atoms with E-state index in [0.29, 0.717) is 12.1 Å². The summed E-state index contributed by atoms with van der Waals surface area (Å²) in [5.41, 5.74) is 1.49. The Balaban J connectivity index is 1.85. The van der Waals surface area contributed by atoms with Gasteiger partial charge < -0.3 is 5.32 Å². The predicted molar refractivity (Wildman–Crippen MR) is 75.7 cm³/mol. The number of hydrogen-bond acceptors (Lipinski definition) is 3. The van der Waals surface area contributed by atoms with Crippen LogP contribution in [0.2, 0.25) is 0 Å². The van der Waals surface area contributed by atoms with Gasteiger partial charge in [0.15, 0.2) is 0 Å². The van der Waals surface area contributed by atoms with Gasteiger partial charge in [0.1, 0.15) is 0 Å². The monoisotopic (exact) mass is 252 g/mol. The fourth-order valence-electron chi connectivity index (χ4n) is 2.41. The topological polar surface area (TPSA) is 15.3 Å². The van der Waals surface area contributed by atoms with E-state index in [4.69, 9.17) is 0 Å². The zero-order valence-corrected chi connectivity index (χ0v) is 12.0. The Hall–Kier alpha value is -0.380. The number of thiophene rings is 1. The molecule has 0 amide bonds. The third-order valence-corrected chi connectivity index (χ3v) is 4.53. The van der Waals surface area contributed by atoms with E-state index in [2.05, 4.69) is 47.8 Å². The molecule has 1 aliphatic rings. The van der Waals surface area contributed by atoms with Crippen molar-refractivity contribution in [1.29, 1.82) is 0 Å². The molecular weight excluding hydrogens is 228 g/mol. The lowest BCUT2D eigenvalue weighted by Gasteiger charge is -2.40. The molecular formula is C14H24N2S. The number of piperazine rings is 1. The van der Waals surface area contributed by atoms with Crippen molar-refractivity contribution in [3.05, 3.63) is 22.4 Å². The molecule has 1 fully saturated rings. The van der Waals surface area contributed by atoms with Gasteiger partial charge in [-0.3, -0.25) is 4.90 Å². The molecule has 0 radical (unpaired) electrons. The minimum Gasteiger partial charge on any atom is -0.311 e. The summed E-state index contributed by atoms with van der Waals surface area (Å²) in [6.07, 6.45) is 1.19. The van der Waals surface area contributed by atoms with Crippen molar-refractivity contribution in [3.8, 4) is 0 Å². The van der Waals surface area contributed by atoms with Gasteiger partial charge in [0.05, 0.1) is 0 Å². The van der Waals surface area contributed by atoms with Gasteiger partial charge in [-0.05, 0) is 41.7 Å². The van der Waals surface area contributed by atoms with Crippen molar-refractivity contribution in [2.75, 3.05) is 19.6 Å². The average molecular weight is 252 g/mol. The summed E-state index contributed by atoms with van der Waals surface area (Å²) < 4.78 is 0. The normalized spacial score (nSPS) is 26.6. The maximum atomic E-state index is 3.65. The van der Waals surface area contributed by atoms with Crippen molar-refractivity contribution >= 4 is 11.3 Å². The molecule has 0 saturated carbocycles. The highest BCUT2D eigenvalue weighted by Crippen LogP contribution is 2.14. The first-order valence-corrected chi connectivity index (χ1v) is 7.59. The fourth-order valence-corrected chi connectivity index (χ4v) is 3.12. The lowest BCUT2D eigenvalue weighted by molar-refractivity contribution is 0.124. The van der Waals surface area contributed by atoms with Crippen molar-refractivity contribution in [3.63, 3.8) is 0 Å². The molecule has 1 aromatic rings. The average Bonchev–Trinajstić information content (AvgIpc) is 2.80. The Morgan fingerprint density at radius 1 is 1.53 bits per heavy atom. The lowest BCUT2D eigenvalue weighted by atomic mass is 9.99. The van der Waals surface area contributed by atoms with E-state index >= 15 is 0 Å². The summed E-state index contributed by atoms with van der Waals surface area (Å²) in [6.45, 7) is 10.5. The van der Waals surface area contributed by atoms with Gasteiger partial charge in [-0.15, -0.1) is 0 Å². The maximum absolute atomic E-state index is 3.65. The van der Waals surface area contributed by atoms with Gasteiger partial charge in [-0.25, -0.2) is 0 Å². The van der Waals surface area contributed by atoms with E-state index in [9.17, 15) is 0 Å². The minimum atomic E-state index is 0.661. The van der Waals surface area contributed by atoms with Crippen LogP contribution in [-0.4, -0.2) is 36.6 Å². The first-order valence-electron chi connectivity index (χ1n) is 6.65. The molecule has 0 aliphatic carbocycles. The van der Waals surface area contributed by atoms with E-state index < -0.39 is 0 Å². The van der Waals surface area contributed by atoms with Crippen LogP contribution in [-0.2, 0) is 6.42 Å². The molecule has 2 nitrogen and oxygen atoms in total. The van der Waals surface area contributed by atoms with Crippen molar-refractivity contribution in [2.45, 2.75) is 39.3 Å². The van der Waals surface area contributed by atoms with Crippen molar-refractivity contribution in [1.82, 2.24) is 10.2 Å². The smallest absolute Gasteiger partial charge is 0.0218 e. The van der Waals surface area contributed by atoms with E-state index in [1.807, 2.05) is 0 Å². The van der Waals surface area contributed by atoms with E-state index in [1.165, 1.54) is 25.1 Å². The van der Waals surface area contributed by atoms with Gasteiger partial charge in [0.25, 0.3) is 0 Å². The standard InChI is InChI=1S/C14H24N2S/c1-11(2)14-9-16(12(3)8-15-14)6-4-13-5-7-17-10-13/h5,7,10-12,14-15H,4,6,8-9H2,1-3H3. The highest BCUT2D eigenvalue weighted by atomic mass is 32.1. The first kappa shape index (κ1) is 13.1. The molecule has 1 saturated heterocycles. The molecule has 2 heterocycles. The molecule has 1 aromatic heterocycles. The van der Waals surface area contributed by atoms with Gasteiger partial charge in [-0.1, -0.05) is 13.8 Å². The molecule has 96 valence electrons. The largest absolute Gasteiger partial charge is 0.311 e. The zero-order chi connectivity index (χ0) is 12.3. The molecule has 2 rings (SSSR count). The van der Waals surface area contributed by atoms with Gasteiger partial charge in [-0.2, -0.15) is 11.3 Å². The molecule has 17 heavy (non-hydrogen) atoms. The Bertz CT molecular complexity index is 321. The van der Waals surface area contributed by atoms with Crippen molar-refractivity contribution in [2.24, 2.45) is 5.92 Å². The molecule has 1 N–H and O–H groups in total. The van der Waals surface area contributed by atoms with Crippen molar-refractivity contribution < 1.29 is 0 Å². The van der Waals surface area contributed by atoms with Crippen LogP contribution in [0.4, 0.5) is 0 Å². The Kier molecular flexibility index (Phi) is 4.60. The molecule has 2 unspecified atom stereocenters. The lowest BCUT2D eigenvalue weighted by Crippen LogP contribution is -2.57. The summed E-state index contributed by atoms with van der Waals surface area (Å²) in [5, 5.41) is 8.10. The summed E-state index contributed by atoms with van der Waals surface area (Å²) in [5.74, 6) is 0.728. The highest BCUT2D eigenvalue weighted by molar-refractivity contribution is 7.07. The van der Waals surface area contributed by atoms with Gasteiger partial charge in [0.2, 0.25) is 0 Å². The van der Waals surface area contributed by atoms with Crippen LogP contribution in [0.1, 0.15) is 26.3 Å². The number of rotatable bonds is 4. The second-order valence-corrected chi connectivity index (χ2v) is 6.26. The Labute approximate surface area is 109 Å². The van der Waals surface area contributed by atoms with Crippen LogP contribution in [0, 0.1) is 5.92 Å². The van der Waals surface area contributed by atoms with Crippen LogP contribution < -0.4 is 5.32 Å². The number of hydrogen-bond donors (Lipinski definition) is 1. The maximum Gasteiger partial charge on any atom is 0.0218 e. The second-order valence-electron chi connectivity index (χ2n) is 5.48. The quantitative estimate of drug-likeness (QED) is 0.886. The Morgan fingerprint density at radius 3 is 3.00 bits per heavy atom. The van der Waals surface area contributed by atoms with Crippen LogP contribution in [0.5, 0.6) is 0 Å². The number of nitrogens with one attached hydrogen (secondary N) is 1. The minimum absolute atomic E-state index is 0.661. The van der Waals surface area contributed by atoms with Crippen LogP contribution in [0.3, 0.4) is 0 Å². The first-order chi connectivity index (χ1) is 8.16. The molecule has 0 spiro atoms. The third-order valence-electron chi connectivity index (χ3n) is 3.80. The summed E-state index contributed by atoms with van der Waals surface area (Å²) in [7, 11) is 0. The number of nitrogens with zero attached hydrogens (tertiary/aromatic N) is 1. The van der Waals surface area contributed by atoms with Crippen LogP contribution >= 0.6 is 11.3 Å². The fraction of sp³-hybridized carbons (Fsp3) is 0.714. The molecule has 0 aromatic carbocycles. The second kappa shape index (κ2) is 5.98. The molecule has 2 atom stereocenters. The highest BCUT2D eigenvalue weighted by Gasteiger charge is 2.26. The zero-order valence-electron chi connectivity index (χ0n) is 11.1. The summed E-state index contributed by atoms with van der Waals surface area (Å²) in [4.78, 5) is 2.64. The molecule has 3 heteroatoms. The van der Waals surface area contributed by atoms with E-state index in [-0.39, 0.29) is 0 Å². The predicted octanol–water partition coefficient (Wildman–Crippen LogP) is 2.61. The summed E-state index contributed by atoms with van der Waals surface area (Å²) in [6, 6.07) is 3.58. The van der Waals surface area contributed by atoms with E-state index in [1.54, 1.807) is 11.3 Å². The SMILES string of the molecule is CC(C)C1CN(CCc2ccsc2)C(C)CN1. The van der Waals surface area contributed by atoms with Crippen LogP contribution in [0.15, 0.2) is 16.8 Å². The van der Waals surface area contributed by atoms with Crippen LogP contribution in [0.25, 0.3) is 0 Å². The summed E-state index contributed by atoms with van der Waals surface area (Å²) >= 11 is 1.80.